The Morgan fingerprint density at radius 3 is 2.92 bits per heavy atom. The number of aryl methyl sites for hydroxylation is 1. The minimum absolute atomic E-state index is 0.479. The molecule has 3 heteroatoms. The number of rotatable bonds is 4. The Morgan fingerprint density at radius 2 is 2.42 bits per heavy atom. The minimum Gasteiger partial charge on any atom is -0.385 e. The Hall–Kier alpha value is -0.830. The van der Waals surface area contributed by atoms with Crippen LogP contribution in [0.1, 0.15) is 25.2 Å². The van der Waals surface area contributed by atoms with Gasteiger partial charge in [0.05, 0.1) is 0 Å². The molecule has 1 aromatic rings. The van der Waals surface area contributed by atoms with E-state index >= 15 is 0 Å². The van der Waals surface area contributed by atoms with E-state index in [1.807, 2.05) is 19.3 Å². The molecule has 1 unspecified atom stereocenters. The first-order chi connectivity index (χ1) is 5.75. The second-order valence-electron chi connectivity index (χ2n) is 3.01. The highest BCUT2D eigenvalue weighted by atomic mass is 16.5. The lowest BCUT2D eigenvalue weighted by Gasteiger charge is -2.13. The fourth-order valence-corrected chi connectivity index (χ4v) is 1.28. The van der Waals surface area contributed by atoms with Crippen LogP contribution in [0.25, 0.3) is 0 Å². The Bertz CT molecular complexity index is 232. The Balaban J connectivity index is 2.52. The van der Waals surface area contributed by atoms with Crippen LogP contribution in [0.2, 0.25) is 0 Å². The molecule has 12 heavy (non-hydrogen) atoms. The van der Waals surface area contributed by atoms with Gasteiger partial charge in [0.2, 0.25) is 0 Å². The van der Waals surface area contributed by atoms with Crippen LogP contribution in [0.4, 0.5) is 0 Å². The van der Waals surface area contributed by atoms with Crippen molar-refractivity contribution in [3.8, 4) is 0 Å². The van der Waals surface area contributed by atoms with Crippen LogP contribution in [0.5, 0.6) is 0 Å². The molecule has 0 aromatic carbocycles. The molecule has 0 aliphatic rings. The lowest BCUT2D eigenvalue weighted by Crippen LogP contribution is -2.08. The molecule has 0 amide bonds. The standard InChI is InChI=1S/C9H16N2O/c1-8(4-7-12-3)11-6-5-10-9(11)2/h5-6,8H,4,7H2,1-3H3. The van der Waals surface area contributed by atoms with Gasteiger partial charge in [0, 0.05) is 32.2 Å². The van der Waals surface area contributed by atoms with Crippen LogP contribution in [-0.2, 0) is 4.74 Å². The molecule has 1 atom stereocenters. The molecule has 0 aliphatic heterocycles. The van der Waals surface area contributed by atoms with Gasteiger partial charge in [-0.3, -0.25) is 0 Å². The van der Waals surface area contributed by atoms with Gasteiger partial charge in [0.15, 0.2) is 0 Å². The first-order valence-electron chi connectivity index (χ1n) is 4.24. The van der Waals surface area contributed by atoms with Crippen molar-refractivity contribution >= 4 is 0 Å². The van der Waals surface area contributed by atoms with Gasteiger partial charge in [-0.1, -0.05) is 0 Å². The summed E-state index contributed by atoms with van der Waals surface area (Å²) in [5.74, 6) is 1.07. The maximum Gasteiger partial charge on any atom is 0.105 e. The van der Waals surface area contributed by atoms with Crippen molar-refractivity contribution in [1.29, 1.82) is 0 Å². The molecule has 0 saturated carbocycles. The quantitative estimate of drug-likeness (QED) is 0.685. The summed E-state index contributed by atoms with van der Waals surface area (Å²) in [6, 6.07) is 0.479. The highest BCUT2D eigenvalue weighted by molar-refractivity contribution is 4.91. The molecule has 0 aliphatic carbocycles. The molecular weight excluding hydrogens is 152 g/mol. The van der Waals surface area contributed by atoms with Crippen molar-refractivity contribution in [3.05, 3.63) is 18.2 Å². The van der Waals surface area contributed by atoms with E-state index in [1.165, 1.54) is 0 Å². The molecule has 1 rings (SSSR count). The predicted octanol–water partition coefficient (Wildman–Crippen LogP) is 1.79. The van der Waals surface area contributed by atoms with Crippen LogP contribution in [0, 0.1) is 6.92 Å². The molecule has 3 nitrogen and oxygen atoms in total. The third-order valence-electron chi connectivity index (χ3n) is 2.08. The van der Waals surface area contributed by atoms with Gasteiger partial charge in [0.25, 0.3) is 0 Å². The number of nitrogens with zero attached hydrogens (tertiary/aromatic N) is 2. The summed E-state index contributed by atoms with van der Waals surface area (Å²) in [5, 5.41) is 0. The summed E-state index contributed by atoms with van der Waals surface area (Å²) < 4.78 is 7.18. The highest BCUT2D eigenvalue weighted by Gasteiger charge is 2.05. The number of methoxy groups -OCH3 is 1. The predicted molar refractivity (Wildman–Crippen MR) is 48.2 cm³/mol. The van der Waals surface area contributed by atoms with Gasteiger partial charge >= 0.3 is 0 Å². The molecule has 0 N–H and O–H groups in total. The smallest absolute Gasteiger partial charge is 0.105 e. The zero-order valence-electron chi connectivity index (χ0n) is 7.95. The third kappa shape index (κ3) is 2.08. The number of ether oxygens (including phenoxy) is 1. The van der Waals surface area contributed by atoms with E-state index in [4.69, 9.17) is 4.74 Å². The maximum atomic E-state index is 5.02. The summed E-state index contributed by atoms with van der Waals surface area (Å²) in [7, 11) is 1.73. The first-order valence-corrected chi connectivity index (χ1v) is 4.24. The van der Waals surface area contributed by atoms with Crippen molar-refractivity contribution < 1.29 is 4.74 Å². The summed E-state index contributed by atoms with van der Waals surface area (Å²) in [6.45, 7) is 5.00. The molecule has 0 saturated heterocycles. The fraction of sp³-hybridized carbons (Fsp3) is 0.667. The topological polar surface area (TPSA) is 27.1 Å². The van der Waals surface area contributed by atoms with Gasteiger partial charge < -0.3 is 9.30 Å². The molecular formula is C9H16N2O. The molecule has 1 aromatic heterocycles. The van der Waals surface area contributed by atoms with E-state index in [-0.39, 0.29) is 0 Å². The van der Waals surface area contributed by atoms with Crippen LogP contribution < -0.4 is 0 Å². The van der Waals surface area contributed by atoms with Crippen molar-refractivity contribution in [2.24, 2.45) is 0 Å². The minimum atomic E-state index is 0.479. The lowest BCUT2D eigenvalue weighted by molar-refractivity contribution is 0.180. The second-order valence-corrected chi connectivity index (χ2v) is 3.01. The van der Waals surface area contributed by atoms with E-state index in [2.05, 4.69) is 16.5 Å². The molecule has 68 valence electrons. The van der Waals surface area contributed by atoms with E-state index in [9.17, 15) is 0 Å². The number of aromatic nitrogens is 2. The summed E-state index contributed by atoms with van der Waals surface area (Å²) in [5.41, 5.74) is 0. The average molecular weight is 168 g/mol. The average Bonchev–Trinajstić information content (AvgIpc) is 2.47. The molecule has 0 fully saturated rings. The monoisotopic (exact) mass is 168 g/mol. The maximum absolute atomic E-state index is 5.02. The molecule has 0 bridgehead atoms. The zero-order chi connectivity index (χ0) is 8.97. The van der Waals surface area contributed by atoms with Crippen LogP contribution in [0.3, 0.4) is 0 Å². The van der Waals surface area contributed by atoms with Crippen LogP contribution in [-0.4, -0.2) is 23.3 Å². The summed E-state index contributed by atoms with van der Waals surface area (Å²) in [4.78, 5) is 4.17. The van der Waals surface area contributed by atoms with Gasteiger partial charge in [-0.2, -0.15) is 0 Å². The van der Waals surface area contributed by atoms with Gasteiger partial charge in [-0.15, -0.1) is 0 Å². The van der Waals surface area contributed by atoms with Crippen molar-refractivity contribution in [2.75, 3.05) is 13.7 Å². The first kappa shape index (κ1) is 9.26. The largest absolute Gasteiger partial charge is 0.385 e. The van der Waals surface area contributed by atoms with Crippen LogP contribution in [0.15, 0.2) is 12.4 Å². The van der Waals surface area contributed by atoms with Crippen molar-refractivity contribution in [3.63, 3.8) is 0 Å². The van der Waals surface area contributed by atoms with Gasteiger partial charge in [0.1, 0.15) is 5.82 Å². The van der Waals surface area contributed by atoms with E-state index in [0.717, 1.165) is 18.9 Å². The SMILES string of the molecule is COCCC(C)n1ccnc1C. The lowest BCUT2D eigenvalue weighted by atomic mass is 10.2. The van der Waals surface area contributed by atoms with Crippen LogP contribution >= 0.6 is 0 Å². The summed E-state index contributed by atoms with van der Waals surface area (Å²) >= 11 is 0. The normalized spacial score (nSPS) is 13.2. The Kier molecular flexibility index (Phi) is 3.29. The number of imidazole rings is 1. The Morgan fingerprint density at radius 1 is 1.67 bits per heavy atom. The number of hydrogen-bond donors (Lipinski definition) is 0. The van der Waals surface area contributed by atoms with E-state index in [0.29, 0.717) is 6.04 Å². The van der Waals surface area contributed by atoms with Crippen molar-refractivity contribution in [1.82, 2.24) is 9.55 Å². The summed E-state index contributed by atoms with van der Waals surface area (Å²) in [6.07, 6.45) is 4.88. The van der Waals surface area contributed by atoms with Gasteiger partial charge in [-0.05, 0) is 20.3 Å². The molecule has 0 spiro atoms. The van der Waals surface area contributed by atoms with Gasteiger partial charge in [-0.25, -0.2) is 4.98 Å². The third-order valence-corrected chi connectivity index (χ3v) is 2.08. The molecule has 0 radical (unpaired) electrons. The van der Waals surface area contributed by atoms with E-state index < -0.39 is 0 Å². The fourth-order valence-electron chi connectivity index (χ4n) is 1.28. The molecule has 1 heterocycles. The highest BCUT2D eigenvalue weighted by Crippen LogP contribution is 2.11. The second kappa shape index (κ2) is 4.26. The van der Waals surface area contributed by atoms with Crippen molar-refractivity contribution in [2.45, 2.75) is 26.3 Å². The Labute approximate surface area is 73.4 Å². The number of hydrogen-bond acceptors (Lipinski definition) is 2. The van der Waals surface area contributed by atoms with E-state index in [1.54, 1.807) is 7.11 Å². The zero-order valence-corrected chi connectivity index (χ0v) is 7.95.